The van der Waals surface area contributed by atoms with Gasteiger partial charge in [0, 0.05) is 27.6 Å². The van der Waals surface area contributed by atoms with E-state index in [0.29, 0.717) is 5.95 Å². The molecule has 0 saturated carbocycles. The first-order valence-corrected chi connectivity index (χ1v) is 8.77. The van der Waals surface area contributed by atoms with Gasteiger partial charge < -0.3 is 5.32 Å². The molecule has 0 amide bonds. The molecule has 26 heavy (non-hydrogen) atoms. The van der Waals surface area contributed by atoms with Gasteiger partial charge in [0.15, 0.2) is 0 Å². The highest BCUT2D eigenvalue weighted by atomic mass is 19.1. The lowest BCUT2D eigenvalue weighted by Crippen LogP contribution is -2.25. The van der Waals surface area contributed by atoms with Crippen LogP contribution in [0, 0.1) is 0 Å². The number of benzene rings is 1. The van der Waals surface area contributed by atoms with Crippen LogP contribution in [0.25, 0.3) is 16.6 Å². The summed E-state index contributed by atoms with van der Waals surface area (Å²) in [6.07, 6.45) is 4.71. The summed E-state index contributed by atoms with van der Waals surface area (Å²) in [6.45, 7) is 6.06. The zero-order chi connectivity index (χ0) is 18.3. The van der Waals surface area contributed by atoms with Crippen molar-refractivity contribution in [2.24, 2.45) is 0 Å². The Balaban J connectivity index is 0.00000140. The average Bonchev–Trinajstić information content (AvgIpc) is 3.22. The Morgan fingerprint density at radius 3 is 2.96 bits per heavy atom. The number of halogens is 1. The summed E-state index contributed by atoms with van der Waals surface area (Å²) in [5.41, 5.74) is 4.78. The normalized spacial score (nSPS) is 13.8. The second-order valence-corrected chi connectivity index (χ2v) is 7.06. The summed E-state index contributed by atoms with van der Waals surface area (Å²) in [7, 11) is 0. The molecule has 1 aliphatic rings. The number of hydrogen-bond donors (Lipinski definition) is 1. The fourth-order valence-corrected chi connectivity index (χ4v) is 3.12. The second-order valence-electron chi connectivity index (χ2n) is 7.06. The van der Waals surface area contributed by atoms with Crippen LogP contribution in [0.2, 0.25) is 0 Å². The third kappa shape index (κ3) is 3.05. The van der Waals surface area contributed by atoms with Crippen molar-refractivity contribution in [2.45, 2.75) is 39.4 Å². The zero-order valence-electron chi connectivity index (χ0n) is 15.1. The molecule has 3 aromatic rings. The van der Waals surface area contributed by atoms with Gasteiger partial charge in [-0.1, -0.05) is 17.4 Å². The van der Waals surface area contributed by atoms with Crippen molar-refractivity contribution >= 4 is 22.6 Å². The third-order valence-electron chi connectivity index (χ3n) is 4.45. The van der Waals surface area contributed by atoms with E-state index in [1.807, 2.05) is 23.9 Å². The van der Waals surface area contributed by atoms with Gasteiger partial charge in [-0.2, -0.15) is 0 Å². The van der Waals surface area contributed by atoms with Gasteiger partial charge in [-0.3, -0.25) is 0 Å². The van der Waals surface area contributed by atoms with Crippen molar-refractivity contribution < 1.29 is 7.24 Å². The molecule has 0 unspecified atom stereocenters. The van der Waals surface area contributed by atoms with Crippen molar-refractivity contribution in [2.75, 3.05) is 11.9 Å². The van der Waals surface area contributed by atoms with Crippen LogP contribution in [-0.4, -0.2) is 37.2 Å². The largest absolute Gasteiger partial charge is 0.351 e. The Morgan fingerprint density at radius 1 is 1.35 bits per heavy atom. The van der Waals surface area contributed by atoms with E-state index in [9.17, 15) is 4.39 Å². The monoisotopic (exact) mass is 356 g/mol. The SMILES string of the molecule is CCn1nnc2ccc(C3=CCc4nc(NCC(C)(C)F)ncc43)cc21.[HH].[HH]. The number of hydrogen-bond acceptors (Lipinski definition) is 5. The highest BCUT2D eigenvalue weighted by Crippen LogP contribution is 2.33. The summed E-state index contributed by atoms with van der Waals surface area (Å²) in [5, 5.41) is 11.3. The molecule has 0 saturated heterocycles. The Hall–Kier alpha value is -2.83. The van der Waals surface area contributed by atoms with E-state index in [1.54, 1.807) is 0 Å². The summed E-state index contributed by atoms with van der Waals surface area (Å²) >= 11 is 0. The number of nitrogens with one attached hydrogen (secondary N) is 1. The first-order valence-electron chi connectivity index (χ1n) is 8.77. The Bertz CT molecular complexity index is 1010. The summed E-state index contributed by atoms with van der Waals surface area (Å²) in [5.74, 6) is 0.466. The van der Waals surface area contributed by atoms with Crippen molar-refractivity contribution in [1.29, 1.82) is 0 Å². The van der Waals surface area contributed by atoms with Gasteiger partial charge in [-0.15, -0.1) is 5.10 Å². The van der Waals surface area contributed by atoms with Crippen molar-refractivity contribution in [1.82, 2.24) is 25.0 Å². The van der Waals surface area contributed by atoms with Gasteiger partial charge in [0.2, 0.25) is 5.95 Å². The predicted molar refractivity (Wildman–Crippen MR) is 104 cm³/mol. The zero-order valence-corrected chi connectivity index (χ0v) is 15.1. The standard InChI is InChI=1S/C19H21FN6.2H2/c1-4-26-17-9-12(5-7-16(17)24-25-26)13-6-8-15-14(13)10-21-18(23-15)22-11-19(2,3)20;;/h5-7,9-10H,4,8,11H2,1-3H3,(H,21,22,23);2*1H. The van der Waals surface area contributed by atoms with Crippen LogP contribution in [0.4, 0.5) is 10.3 Å². The molecule has 0 aliphatic heterocycles. The second kappa shape index (κ2) is 6.16. The van der Waals surface area contributed by atoms with E-state index >= 15 is 0 Å². The smallest absolute Gasteiger partial charge is 0.223 e. The molecule has 1 aromatic carbocycles. The van der Waals surface area contributed by atoms with Gasteiger partial charge in [-0.05, 0) is 44.0 Å². The number of aromatic nitrogens is 5. The number of alkyl halides is 1. The molecule has 2 aromatic heterocycles. The molecule has 1 aliphatic carbocycles. The lowest BCUT2D eigenvalue weighted by Gasteiger charge is -2.15. The minimum atomic E-state index is -1.31. The van der Waals surface area contributed by atoms with Crippen LogP contribution in [0.5, 0.6) is 0 Å². The van der Waals surface area contributed by atoms with Crippen LogP contribution < -0.4 is 5.32 Å². The molecule has 0 fully saturated rings. The van der Waals surface area contributed by atoms with Gasteiger partial charge >= 0.3 is 0 Å². The summed E-state index contributed by atoms with van der Waals surface area (Å²) in [6, 6.07) is 6.15. The number of aryl methyl sites for hydroxylation is 1. The van der Waals surface area contributed by atoms with E-state index in [-0.39, 0.29) is 9.40 Å². The van der Waals surface area contributed by atoms with E-state index in [2.05, 4.69) is 43.8 Å². The lowest BCUT2D eigenvalue weighted by molar-refractivity contribution is 0.234. The number of allylic oxidation sites excluding steroid dienone is 1. The Kier molecular flexibility index (Phi) is 3.94. The van der Waals surface area contributed by atoms with Crippen LogP contribution in [0.1, 0.15) is 40.4 Å². The van der Waals surface area contributed by atoms with E-state index in [1.165, 1.54) is 13.8 Å². The first kappa shape index (κ1) is 16.6. The first-order chi connectivity index (χ1) is 12.4. The molecular formula is C19H25FN6. The summed E-state index contributed by atoms with van der Waals surface area (Å²) < 4.78 is 15.5. The maximum absolute atomic E-state index is 13.7. The van der Waals surface area contributed by atoms with E-state index < -0.39 is 5.67 Å². The highest BCUT2D eigenvalue weighted by molar-refractivity contribution is 5.88. The topological polar surface area (TPSA) is 68.5 Å². The molecule has 0 atom stereocenters. The maximum atomic E-state index is 13.7. The Labute approximate surface area is 154 Å². The quantitative estimate of drug-likeness (QED) is 0.751. The van der Waals surface area contributed by atoms with Gasteiger partial charge in [0.1, 0.15) is 11.2 Å². The molecule has 4 rings (SSSR count). The molecule has 1 N–H and O–H groups in total. The molecule has 2 heterocycles. The number of anilines is 1. The predicted octanol–water partition coefficient (Wildman–Crippen LogP) is 3.88. The van der Waals surface area contributed by atoms with Gasteiger partial charge in [-0.25, -0.2) is 19.0 Å². The Morgan fingerprint density at radius 2 is 2.19 bits per heavy atom. The van der Waals surface area contributed by atoms with E-state index in [4.69, 9.17) is 0 Å². The molecule has 7 heteroatoms. The van der Waals surface area contributed by atoms with Crippen LogP contribution in [-0.2, 0) is 13.0 Å². The number of nitrogens with zero attached hydrogens (tertiary/aromatic N) is 5. The molecule has 6 nitrogen and oxygen atoms in total. The minimum absolute atomic E-state index is 0. The summed E-state index contributed by atoms with van der Waals surface area (Å²) in [4.78, 5) is 8.90. The minimum Gasteiger partial charge on any atom is -0.351 e. The lowest BCUT2D eigenvalue weighted by atomic mass is 10.0. The van der Waals surface area contributed by atoms with E-state index in [0.717, 1.165) is 46.4 Å². The molecular weight excluding hydrogens is 331 g/mol. The van der Waals surface area contributed by atoms with Crippen molar-refractivity contribution in [3.8, 4) is 0 Å². The molecule has 0 spiro atoms. The van der Waals surface area contributed by atoms with Crippen molar-refractivity contribution in [3.05, 3.63) is 47.3 Å². The van der Waals surface area contributed by atoms with Gasteiger partial charge in [0.25, 0.3) is 0 Å². The molecule has 138 valence electrons. The fraction of sp³-hybridized carbons (Fsp3) is 0.368. The number of rotatable bonds is 5. The maximum Gasteiger partial charge on any atom is 0.223 e. The van der Waals surface area contributed by atoms with Crippen LogP contribution in [0.3, 0.4) is 0 Å². The highest BCUT2D eigenvalue weighted by Gasteiger charge is 2.20. The fourth-order valence-electron chi connectivity index (χ4n) is 3.12. The van der Waals surface area contributed by atoms with Gasteiger partial charge in [0.05, 0.1) is 17.8 Å². The van der Waals surface area contributed by atoms with Crippen molar-refractivity contribution in [3.63, 3.8) is 0 Å². The van der Waals surface area contributed by atoms with Crippen LogP contribution >= 0.6 is 0 Å². The number of fused-ring (bicyclic) bond motifs is 2. The third-order valence-corrected chi connectivity index (χ3v) is 4.45. The van der Waals surface area contributed by atoms with Crippen LogP contribution in [0.15, 0.2) is 30.5 Å². The average molecular weight is 356 g/mol. The molecule has 0 bridgehead atoms. The molecule has 0 radical (unpaired) electrons.